The fourth-order valence-electron chi connectivity index (χ4n) is 3.82. The number of aryl methyl sites for hydroxylation is 1. The number of piperidine rings is 1. The molecule has 0 N–H and O–H groups in total. The van der Waals surface area contributed by atoms with Crippen molar-refractivity contribution in [2.75, 3.05) is 19.6 Å². The third-order valence-electron chi connectivity index (χ3n) is 5.05. The Balaban J connectivity index is 1.37. The molecule has 24 heavy (non-hydrogen) atoms. The first-order valence-electron chi connectivity index (χ1n) is 8.86. The Labute approximate surface area is 142 Å². The number of hydrogen-bond acceptors (Lipinski definition) is 3. The summed E-state index contributed by atoms with van der Waals surface area (Å²) < 4.78 is 15.3. The van der Waals surface area contributed by atoms with Gasteiger partial charge in [-0.2, -0.15) is 0 Å². The average Bonchev–Trinajstić information content (AvgIpc) is 3.20. The summed E-state index contributed by atoms with van der Waals surface area (Å²) in [5.74, 6) is 2.66. The second-order valence-corrected chi connectivity index (χ2v) is 6.78. The highest BCUT2D eigenvalue weighted by molar-refractivity contribution is 5.48. The van der Waals surface area contributed by atoms with E-state index in [1.165, 1.54) is 43.0 Å². The van der Waals surface area contributed by atoms with Crippen LogP contribution in [0.15, 0.2) is 30.3 Å². The molecular formula is C19H23FN4. The third-order valence-corrected chi connectivity index (χ3v) is 5.05. The second-order valence-electron chi connectivity index (χ2n) is 6.78. The van der Waals surface area contributed by atoms with Crippen molar-refractivity contribution in [3.8, 4) is 0 Å². The van der Waals surface area contributed by atoms with E-state index in [9.17, 15) is 4.39 Å². The Morgan fingerprint density at radius 1 is 1.12 bits per heavy atom. The monoisotopic (exact) mass is 326 g/mol. The normalized spacial score (nSPS) is 21.5. The van der Waals surface area contributed by atoms with Gasteiger partial charge in [-0.25, -0.2) is 4.39 Å². The number of likely N-dealkylation sites (tertiary alicyclic amines) is 1. The number of nitrogens with zero attached hydrogens (tertiary/aromatic N) is 4. The van der Waals surface area contributed by atoms with Crippen LogP contribution in [0, 0.1) is 5.82 Å². The van der Waals surface area contributed by atoms with Gasteiger partial charge in [0.2, 0.25) is 0 Å². The van der Waals surface area contributed by atoms with E-state index in [1.807, 2.05) is 12.1 Å². The first-order chi connectivity index (χ1) is 11.8. The maximum absolute atomic E-state index is 12.9. The minimum absolute atomic E-state index is 0.188. The largest absolute Gasteiger partial charge is 0.315 e. The van der Waals surface area contributed by atoms with Crippen LogP contribution in [0.1, 0.15) is 42.4 Å². The molecule has 0 spiro atoms. The molecule has 1 atom stereocenters. The zero-order chi connectivity index (χ0) is 16.4. The lowest BCUT2D eigenvalue weighted by atomic mass is 9.97. The molecule has 0 saturated carbocycles. The molecule has 1 aromatic heterocycles. The van der Waals surface area contributed by atoms with Crippen LogP contribution in [-0.2, 0) is 13.0 Å². The predicted molar refractivity (Wildman–Crippen MR) is 92.2 cm³/mol. The summed E-state index contributed by atoms with van der Waals surface area (Å²) in [6.45, 7) is 4.19. The van der Waals surface area contributed by atoms with Crippen molar-refractivity contribution in [3.05, 3.63) is 53.4 Å². The van der Waals surface area contributed by atoms with Gasteiger partial charge in [-0.05, 0) is 43.5 Å². The van der Waals surface area contributed by atoms with E-state index in [4.69, 9.17) is 0 Å². The van der Waals surface area contributed by atoms with Crippen LogP contribution in [0.2, 0.25) is 0 Å². The lowest BCUT2D eigenvalue weighted by molar-refractivity contribution is 0.221. The number of halogens is 1. The highest BCUT2D eigenvalue weighted by Crippen LogP contribution is 2.28. The van der Waals surface area contributed by atoms with Gasteiger partial charge in [0.25, 0.3) is 0 Å². The summed E-state index contributed by atoms with van der Waals surface area (Å²) in [7, 11) is 0. The first-order valence-corrected chi connectivity index (χ1v) is 8.86. The molecule has 0 amide bonds. The van der Waals surface area contributed by atoms with Gasteiger partial charge in [0.15, 0.2) is 0 Å². The van der Waals surface area contributed by atoms with Gasteiger partial charge in [-0.3, -0.25) is 4.90 Å². The maximum Gasteiger partial charge on any atom is 0.137 e. The molecule has 0 aliphatic carbocycles. The molecular weight excluding hydrogens is 303 g/mol. The van der Waals surface area contributed by atoms with Crippen molar-refractivity contribution >= 4 is 6.08 Å². The number of benzene rings is 1. The van der Waals surface area contributed by atoms with E-state index >= 15 is 0 Å². The van der Waals surface area contributed by atoms with Crippen LogP contribution >= 0.6 is 0 Å². The Bertz CT molecular complexity index is 719. The third kappa shape index (κ3) is 3.26. The van der Waals surface area contributed by atoms with Crippen LogP contribution in [0.25, 0.3) is 6.08 Å². The Morgan fingerprint density at radius 3 is 2.88 bits per heavy atom. The summed E-state index contributed by atoms with van der Waals surface area (Å²) in [6.07, 6.45) is 8.92. The minimum Gasteiger partial charge on any atom is -0.315 e. The van der Waals surface area contributed by atoms with Gasteiger partial charge in [0.1, 0.15) is 17.5 Å². The molecule has 1 aromatic carbocycles. The molecule has 4 rings (SSSR count). The molecule has 1 unspecified atom stereocenters. The van der Waals surface area contributed by atoms with Crippen LogP contribution in [0.5, 0.6) is 0 Å². The van der Waals surface area contributed by atoms with Crippen LogP contribution in [0.3, 0.4) is 0 Å². The van der Waals surface area contributed by atoms with Crippen LogP contribution in [0.4, 0.5) is 4.39 Å². The van der Waals surface area contributed by atoms with E-state index in [2.05, 4.69) is 31.8 Å². The Morgan fingerprint density at radius 2 is 2.00 bits per heavy atom. The van der Waals surface area contributed by atoms with Gasteiger partial charge in [-0.1, -0.05) is 24.3 Å². The van der Waals surface area contributed by atoms with Gasteiger partial charge < -0.3 is 4.57 Å². The molecule has 0 bridgehead atoms. The second kappa shape index (κ2) is 6.85. The van der Waals surface area contributed by atoms with Crippen molar-refractivity contribution in [2.45, 2.75) is 38.1 Å². The fraction of sp³-hybridized carbons (Fsp3) is 0.474. The number of hydrogen-bond donors (Lipinski definition) is 0. The van der Waals surface area contributed by atoms with Crippen molar-refractivity contribution in [1.29, 1.82) is 0 Å². The molecule has 1 saturated heterocycles. The molecule has 3 heterocycles. The highest BCUT2D eigenvalue weighted by Gasteiger charge is 2.27. The Kier molecular flexibility index (Phi) is 4.43. The standard InChI is InChI=1S/C19H23FN4/c20-17-9-7-15(8-10-17)4-1-11-23-12-2-5-16(14-23)19-22-21-18-6-3-13-24(18)19/h1,4,7-10,16H,2-3,5-6,11-14H2/b4-1+. The summed E-state index contributed by atoms with van der Waals surface area (Å²) >= 11 is 0. The van der Waals surface area contributed by atoms with Crippen molar-refractivity contribution in [3.63, 3.8) is 0 Å². The van der Waals surface area contributed by atoms with E-state index in [0.29, 0.717) is 5.92 Å². The quantitative estimate of drug-likeness (QED) is 0.865. The number of fused-ring (bicyclic) bond motifs is 1. The summed E-state index contributed by atoms with van der Waals surface area (Å²) in [5, 5.41) is 8.82. The van der Waals surface area contributed by atoms with Crippen LogP contribution in [-0.4, -0.2) is 39.3 Å². The molecule has 2 aromatic rings. The SMILES string of the molecule is Fc1ccc(/C=C/CN2CCCC(c3nnc4n3CCC4)C2)cc1. The van der Waals surface area contributed by atoms with E-state index in [-0.39, 0.29) is 5.82 Å². The topological polar surface area (TPSA) is 34.0 Å². The summed E-state index contributed by atoms with van der Waals surface area (Å²) in [6, 6.07) is 6.62. The molecule has 2 aliphatic heterocycles. The fourth-order valence-corrected chi connectivity index (χ4v) is 3.82. The summed E-state index contributed by atoms with van der Waals surface area (Å²) in [4.78, 5) is 2.48. The smallest absolute Gasteiger partial charge is 0.137 e. The van der Waals surface area contributed by atoms with Gasteiger partial charge in [0.05, 0.1) is 0 Å². The van der Waals surface area contributed by atoms with E-state index in [0.717, 1.165) is 38.2 Å². The predicted octanol–water partition coefficient (Wildman–Crippen LogP) is 3.26. The van der Waals surface area contributed by atoms with Gasteiger partial charge >= 0.3 is 0 Å². The molecule has 4 nitrogen and oxygen atoms in total. The minimum atomic E-state index is -0.188. The average molecular weight is 326 g/mol. The molecule has 5 heteroatoms. The highest BCUT2D eigenvalue weighted by atomic mass is 19.1. The van der Waals surface area contributed by atoms with Gasteiger partial charge in [0, 0.05) is 32.0 Å². The van der Waals surface area contributed by atoms with E-state index in [1.54, 1.807) is 0 Å². The van der Waals surface area contributed by atoms with E-state index < -0.39 is 0 Å². The zero-order valence-corrected chi connectivity index (χ0v) is 13.9. The number of aromatic nitrogens is 3. The lowest BCUT2D eigenvalue weighted by Crippen LogP contribution is -2.35. The molecule has 1 fully saturated rings. The Hall–Kier alpha value is -2.01. The molecule has 2 aliphatic rings. The molecule has 0 radical (unpaired) electrons. The van der Waals surface area contributed by atoms with Crippen LogP contribution < -0.4 is 0 Å². The molecule has 126 valence electrons. The first kappa shape index (κ1) is 15.5. The van der Waals surface area contributed by atoms with Crippen molar-refractivity contribution in [2.24, 2.45) is 0 Å². The van der Waals surface area contributed by atoms with Gasteiger partial charge in [-0.15, -0.1) is 10.2 Å². The number of rotatable bonds is 4. The van der Waals surface area contributed by atoms with Crippen molar-refractivity contribution < 1.29 is 4.39 Å². The maximum atomic E-state index is 12.9. The summed E-state index contributed by atoms with van der Waals surface area (Å²) in [5.41, 5.74) is 1.04. The van der Waals surface area contributed by atoms with Crippen molar-refractivity contribution in [1.82, 2.24) is 19.7 Å². The lowest BCUT2D eigenvalue weighted by Gasteiger charge is -2.31. The zero-order valence-electron chi connectivity index (χ0n) is 13.9.